The summed E-state index contributed by atoms with van der Waals surface area (Å²) in [6.45, 7) is 3.98. The summed E-state index contributed by atoms with van der Waals surface area (Å²) < 4.78 is 7.43. The molecule has 2 aromatic rings. The number of rotatable bonds is 3. The van der Waals surface area contributed by atoms with Crippen molar-refractivity contribution in [3.63, 3.8) is 0 Å². The Kier molecular flexibility index (Phi) is 3.82. The first kappa shape index (κ1) is 13.9. The van der Waals surface area contributed by atoms with Crippen LogP contribution in [0.15, 0.2) is 24.3 Å². The van der Waals surface area contributed by atoms with E-state index in [1.165, 1.54) is 0 Å². The number of hydrogen-bond acceptors (Lipinski definition) is 3. The van der Waals surface area contributed by atoms with E-state index in [1.54, 1.807) is 4.68 Å². The maximum absolute atomic E-state index is 12.2. The SMILES string of the molecule is CC1CCN(C(=O)COc2nn(C)c3ccccc23)CC1. The third-order valence-electron chi connectivity index (χ3n) is 4.19. The molecule has 0 saturated carbocycles. The van der Waals surface area contributed by atoms with E-state index in [9.17, 15) is 4.79 Å². The van der Waals surface area contributed by atoms with Crippen LogP contribution in [-0.4, -0.2) is 40.3 Å². The molecular weight excluding hydrogens is 266 g/mol. The maximum Gasteiger partial charge on any atom is 0.260 e. The van der Waals surface area contributed by atoms with Gasteiger partial charge in [0.05, 0.1) is 10.9 Å². The van der Waals surface area contributed by atoms with Crippen molar-refractivity contribution in [1.82, 2.24) is 14.7 Å². The molecule has 1 aromatic carbocycles. The molecule has 0 unspecified atom stereocenters. The lowest BCUT2D eigenvalue weighted by atomic mass is 9.99. The molecule has 21 heavy (non-hydrogen) atoms. The van der Waals surface area contributed by atoms with Crippen molar-refractivity contribution in [2.24, 2.45) is 13.0 Å². The molecule has 3 rings (SSSR count). The second-order valence-corrected chi connectivity index (χ2v) is 5.80. The van der Waals surface area contributed by atoms with Gasteiger partial charge >= 0.3 is 0 Å². The van der Waals surface area contributed by atoms with Crippen LogP contribution in [0.4, 0.5) is 0 Å². The van der Waals surface area contributed by atoms with Crippen LogP contribution in [0, 0.1) is 5.92 Å². The molecule has 0 atom stereocenters. The minimum Gasteiger partial charge on any atom is -0.466 e. The largest absolute Gasteiger partial charge is 0.466 e. The number of fused-ring (bicyclic) bond motifs is 1. The Morgan fingerprint density at radius 2 is 2.05 bits per heavy atom. The molecule has 5 heteroatoms. The molecule has 0 aliphatic carbocycles. The molecule has 1 aliphatic heterocycles. The highest BCUT2D eigenvalue weighted by Gasteiger charge is 2.21. The average Bonchev–Trinajstić information content (AvgIpc) is 2.83. The third kappa shape index (κ3) is 2.86. The lowest BCUT2D eigenvalue weighted by Crippen LogP contribution is -2.40. The van der Waals surface area contributed by atoms with Gasteiger partial charge < -0.3 is 9.64 Å². The fourth-order valence-corrected chi connectivity index (χ4v) is 2.77. The van der Waals surface area contributed by atoms with Gasteiger partial charge in [-0.2, -0.15) is 0 Å². The predicted octanol–water partition coefficient (Wildman–Crippen LogP) is 2.21. The summed E-state index contributed by atoms with van der Waals surface area (Å²) in [5.74, 6) is 1.30. The number of piperidine rings is 1. The summed E-state index contributed by atoms with van der Waals surface area (Å²) in [5.41, 5.74) is 1.01. The number of aromatic nitrogens is 2. The van der Waals surface area contributed by atoms with Crippen molar-refractivity contribution in [2.45, 2.75) is 19.8 Å². The van der Waals surface area contributed by atoms with E-state index in [2.05, 4.69) is 12.0 Å². The highest BCUT2D eigenvalue weighted by atomic mass is 16.5. The highest BCUT2D eigenvalue weighted by molar-refractivity contribution is 5.85. The minimum absolute atomic E-state index is 0.0524. The van der Waals surface area contributed by atoms with Gasteiger partial charge in [-0.05, 0) is 30.9 Å². The Labute approximate surface area is 124 Å². The van der Waals surface area contributed by atoms with E-state index >= 15 is 0 Å². The second-order valence-electron chi connectivity index (χ2n) is 5.80. The number of carbonyl (C=O) groups is 1. The van der Waals surface area contributed by atoms with Crippen molar-refractivity contribution in [1.29, 1.82) is 0 Å². The number of aryl methyl sites for hydroxylation is 1. The summed E-state index contributed by atoms with van der Waals surface area (Å²) in [4.78, 5) is 14.1. The zero-order valence-corrected chi connectivity index (χ0v) is 12.6. The van der Waals surface area contributed by atoms with Gasteiger partial charge in [0.25, 0.3) is 5.91 Å². The number of nitrogens with zero attached hydrogens (tertiary/aromatic N) is 3. The summed E-state index contributed by atoms with van der Waals surface area (Å²) in [5, 5.41) is 5.29. The number of amides is 1. The van der Waals surface area contributed by atoms with Crippen LogP contribution < -0.4 is 4.74 Å². The van der Waals surface area contributed by atoms with E-state index in [1.807, 2.05) is 36.2 Å². The first-order valence-corrected chi connectivity index (χ1v) is 7.47. The van der Waals surface area contributed by atoms with Gasteiger partial charge in [0.15, 0.2) is 6.61 Å². The Morgan fingerprint density at radius 1 is 1.33 bits per heavy atom. The van der Waals surface area contributed by atoms with Crippen LogP contribution in [0.25, 0.3) is 10.9 Å². The molecule has 2 heterocycles. The summed E-state index contributed by atoms with van der Waals surface area (Å²) in [6, 6.07) is 7.87. The van der Waals surface area contributed by atoms with Crippen LogP contribution >= 0.6 is 0 Å². The summed E-state index contributed by atoms with van der Waals surface area (Å²) >= 11 is 0. The van der Waals surface area contributed by atoms with Gasteiger partial charge in [-0.1, -0.05) is 19.1 Å². The number of likely N-dealkylation sites (tertiary alicyclic amines) is 1. The van der Waals surface area contributed by atoms with E-state index in [4.69, 9.17) is 4.74 Å². The predicted molar refractivity (Wildman–Crippen MR) is 81.2 cm³/mol. The topological polar surface area (TPSA) is 47.4 Å². The lowest BCUT2D eigenvalue weighted by Gasteiger charge is -2.30. The van der Waals surface area contributed by atoms with E-state index in [-0.39, 0.29) is 12.5 Å². The number of carbonyl (C=O) groups excluding carboxylic acids is 1. The van der Waals surface area contributed by atoms with Gasteiger partial charge in [-0.25, -0.2) is 0 Å². The fraction of sp³-hybridized carbons (Fsp3) is 0.500. The van der Waals surface area contributed by atoms with Gasteiger partial charge in [-0.15, -0.1) is 5.10 Å². The zero-order valence-electron chi connectivity index (χ0n) is 12.6. The molecule has 1 saturated heterocycles. The van der Waals surface area contributed by atoms with Crippen molar-refractivity contribution < 1.29 is 9.53 Å². The number of para-hydroxylation sites is 1. The molecule has 0 spiro atoms. The molecule has 1 amide bonds. The Morgan fingerprint density at radius 3 is 2.81 bits per heavy atom. The lowest BCUT2D eigenvalue weighted by molar-refractivity contribution is -0.134. The zero-order chi connectivity index (χ0) is 14.8. The molecular formula is C16H21N3O2. The van der Waals surface area contributed by atoms with Crippen LogP contribution in [0.2, 0.25) is 0 Å². The first-order valence-electron chi connectivity index (χ1n) is 7.47. The molecule has 5 nitrogen and oxygen atoms in total. The quantitative estimate of drug-likeness (QED) is 0.869. The average molecular weight is 287 g/mol. The fourth-order valence-electron chi connectivity index (χ4n) is 2.77. The Bertz CT molecular complexity index is 642. The number of ether oxygens (including phenoxy) is 1. The van der Waals surface area contributed by atoms with Crippen LogP contribution in [0.3, 0.4) is 0 Å². The van der Waals surface area contributed by atoms with Crippen LogP contribution in [0.1, 0.15) is 19.8 Å². The van der Waals surface area contributed by atoms with Gasteiger partial charge in [0.1, 0.15) is 0 Å². The van der Waals surface area contributed by atoms with E-state index < -0.39 is 0 Å². The van der Waals surface area contributed by atoms with Gasteiger partial charge in [0.2, 0.25) is 5.88 Å². The molecule has 1 aromatic heterocycles. The second kappa shape index (κ2) is 5.76. The summed E-state index contributed by atoms with van der Waals surface area (Å²) in [7, 11) is 1.88. The smallest absolute Gasteiger partial charge is 0.260 e. The third-order valence-corrected chi connectivity index (χ3v) is 4.19. The standard InChI is InChI=1S/C16H21N3O2/c1-12-7-9-19(10-8-12)15(20)11-21-16-13-5-3-4-6-14(13)18(2)17-16/h3-6,12H,7-11H2,1-2H3. The molecule has 0 N–H and O–H groups in total. The maximum atomic E-state index is 12.2. The van der Waals surface area contributed by atoms with Crippen molar-refractivity contribution in [3.8, 4) is 5.88 Å². The molecule has 112 valence electrons. The van der Waals surface area contributed by atoms with Crippen molar-refractivity contribution in [3.05, 3.63) is 24.3 Å². The first-order chi connectivity index (χ1) is 10.1. The molecule has 0 radical (unpaired) electrons. The van der Waals surface area contributed by atoms with Crippen LogP contribution in [-0.2, 0) is 11.8 Å². The van der Waals surface area contributed by atoms with E-state index in [0.717, 1.165) is 42.8 Å². The monoisotopic (exact) mass is 287 g/mol. The molecule has 0 bridgehead atoms. The highest BCUT2D eigenvalue weighted by Crippen LogP contribution is 2.24. The number of benzene rings is 1. The van der Waals surface area contributed by atoms with Crippen LogP contribution in [0.5, 0.6) is 5.88 Å². The van der Waals surface area contributed by atoms with Crippen molar-refractivity contribution >= 4 is 16.8 Å². The normalized spacial score (nSPS) is 16.4. The Hall–Kier alpha value is -2.04. The Balaban J connectivity index is 1.65. The molecule has 1 fully saturated rings. The van der Waals surface area contributed by atoms with Gasteiger partial charge in [0, 0.05) is 20.1 Å². The van der Waals surface area contributed by atoms with E-state index in [0.29, 0.717) is 5.88 Å². The van der Waals surface area contributed by atoms with Gasteiger partial charge in [-0.3, -0.25) is 9.48 Å². The molecule has 1 aliphatic rings. The number of hydrogen-bond donors (Lipinski definition) is 0. The van der Waals surface area contributed by atoms with Crippen molar-refractivity contribution in [2.75, 3.05) is 19.7 Å². The minimum atomic E-state index is 0.0524. The summed E-state index contributed by atoms with van der Waals surface area (Å²) in [6.07, 6.45) is 2.16.